The van der Waals surface area contributed by atoms with E-state index in [1.165, 1.54) is 5.56 Å². The van der Waals surface area contributed by atoms with Crippen molar-refractivity contribution in [3.63, 3.8) is 0 Å². The molecule has 1 spiro atoms. The molecule has 8 nitrogen and oxygen atoms in total. The number of aliphatic hydroxyl groups excluding tert-OH is 1. The maximum Gasteiger partial charge on any atom is 0.229 e. The van der Waals surface area contributed by atoms with Gasteiger partial charge in [-0.15, -0.1) is 0 Å². The van der Waals surface area contributed by atoms with E-state index in [9.17, 15) is 9.90 Å². The zero-order valence-corrected chi connectivity index (χ0v) is 19.7. The van der Waals surface area contributed by atoms with Crippen LogP contribution < -0.4 is 9.80 Å². The molecule has 0 atom stereocenters. The number of carbonyl (C=O) groups is 1. The maximum atomic E-state index is 12.3. The molecule has 2 aliphatic rings. The summed E-state index contributed by atoms with van der Waals surface area (Å²) in [6, 6.07) is 9.76. The zero-order valence-electron chi connectivity index (χ0n) is 19.7. The molecule has 1 aromatic carbocycles. The van der Waals surface area contributed by atoms with Gasteiger partial charge in [-0.25, -0.2) is 9.97 Å². The summed E-state index contributed by atoms with van der Waals surface area (Å²) in [4.78, 5) is 29.7. The Morgan fingerprint density at radius 2 is 1.88 bits per heavy atom. The highest BCUT2D eigenvalue weighted by Crippen LogP contribution is 2.58. The smallest absolute Gasteiger partial charge is 0.229 e. The second kappa shape index (κ2) is 8.14. The molecule has 1 saturated carbocycles. The third-order valence-corrected chi connectivity index (χ3v) is 6.89. The number of benzene rings is 1. The number of pyridine rings is 1. The molecule has 1 fully saturated rings. The third-order valence-electron chi connectivity index (χ3n) is 6.89. The number of fused-ring (bicyclic) bond motifs is 2. The van der Waals surface area contributed by atoms with E-state index >= 15 is 0 Å². The second-order valence-corrected chi connectivity index (χ2v) is 9.75. The van der Waals surface area contributed by atoms with Crippen LogP contribution in [-0.2, 0) is 15.8 Å². The molecule has 3 heterocycles. The van der Waals surface area contributed by atoms with Gasteiger partial charge in [-0.3, -0.25) is 9.78 Å². The molecule has 0 unspecified atom stereocenters. The van der Waals surface area contributed by atoms with Crippen molar-refractivity contribution >= 4 is 23.2 Å². The van der Waals surface area contributed by atoms with Crippen molar-refractivity contribution in [3.05, 3.63) is 60.0 Å². The molecule has 0 saturated heterocycles. The van der Waals surface area contributed by atoms with Crippen LogP contribution in [0.25, 0.3) is 11.3 Å². The Balaban J connectivity index is 1.46. The Morgan fingerprint density at radius 1 is 1.15 bits per heavy atom. The first-order chi connectivity index (χ1) is 16.2. The lowest BCUT2D eigenvalue weighted by Crippen LogP contribution is -2.27. The summed E-state index contributed by atoms with van der Waals surface area (Å²) >= 11 is 0. The van der Waals surface area contributed by atoms with Crippen LogP contribution in [0.1, 0.15) is 44.2 Å². The summed E-state index contributed by atoms with van der Waals surface area (Å²) in [7, 11) is 1.73. The molecule has 176 valence electrons. The molecular formula is C26H29N5O3. The van der Waals surface area contributed by atoms with Gasteiger partial charge in [0.25, 0.3) is 0 Å². The minimum atomic E-state index is -0.959. The number of carbonyl (C=O) groups excluding carboxylic acids is 1. The zero-order chi connectivity index (χ0) is 24.1. The minimum absolute atomic E-state index is 0.0918. The number of hydrogen-bond acceptors (Lipinski definition) is 7. The number of aliphatic hydroxyl groups is 2. The summed E-state index contributed by atoms with van der Waals surface area (Å²) in [6.45, 7) is 4.13. The van der Waals surface area contributed by atoms with Gasteiger partial charge < -0.3 is 20.0 Å². The fraction of sp³-hybridized carbons (Fsp3) is 0.385. The van der Waals surface area contributed by atoms with Crippen LogP contribution >= 0.6 is 0 Å². The number of anilines is 3. The van der Waals surface area contributed by atoms with E-state index in [1.54, 1.807) is 50.5 Å². The number of nitrogens with zero attached hydrogens (tertiary/aromatic N) is 5. The van der Waals surface area contributed by atoms with Crippen LogP contribution in [0.4, 0.5) is 17.3 Å². The molecule has 1 aliphatic carbocycles. The van der Waals surface area contributed by atoms with Crippen LogP contribution in [0, 0.1) is 0 Å². The third kappa shape index (κ3) is 3.93. The molecule has 8 heteroatoms. The molecule has 2 N–H and O–H groups in total. The summed E-state index contributed by atoms with van der Waals surface area (Å²) in [5.74, 6) is 0.475. The number of rotatable bonds is 6. The average molecular weight is 460 g/mol. The van der Waals surface area contributed by atoms with Gasteiger partial charge in [-0.05, 0) is 62.1 Å². The standard InChI is InChI=1S/C26H29N5O3/c1-25(2,34)18-6-10-27-21(12-18)17-14-28-24(29-15-17)31-16-26(8-9-26)20-5-4-19(13-22(20)31)30(3)23(33)7-11-32/h4-6,10,12-15,32,34H,7-9,11,16H2,1-3H3. The van der Waals surface area contributed by atoms with Gasteiger partial charge in [0, 0.05) is 54.5 Å². The molecule has 3 aromatic rings. The van der Waals surface area contributed by atoms with E-state index < -0.39 is 5.60 Å². The minimum Gasteiger partial charge on any atom is -0.396 e. The van der Waals surface area contributed by atoms with Crippen LogP contribution in [0.5, 0.6) is 0 Å². The largest absolute Gasteiger partial charge is 0.396 e. The van der Waals surface area contributed by atoms with Gasteiger partial charge in [-0.2, -0.15) is 0 Å². The molecular weight excluding hydrogens is 430 g/mol. The molecule has 34 heavy (non-hydrogen) atoms. The van der Waals surface area contributed by atoms with Gasteiger partial charge >= 0.3 is 0 Å². The van der Waals surface area contributed by atoms with Crippen molar-refractivity contribution in [2.45, 2.75) is 44.1 Å². The SMILES string of the molecule is CN(C(=O)CCO)c1ccc2c(c1)N(c1ncc(-c3cc(C(C)(C)O)ccn3)cn1)CC21CC1. The summed E-state index contributed by atoms with van der Waals surface area (Å²) in [5, 5.41) is 19.4. The van der Waals surface area contributed by atoms with Gasteiger partial charge in [0.1, 0.15) is 0 Å². The lowest BCUT2D eigenvalue weighted by atomic mass is 9.98. The normalized spacial score (nSPS) is 16.0. The van der Waals surface area contributed by atoms with Crippen molar-refractivity contribution < 1.29 is 15.0 Å². The van der Waals surface area contributed by atoms with E-state index in [4.69, 9.17) is 5.11 Å². The summed E-state index contributed by atoms with van der Waals surface area (Å²) in [5.41, 5.74) is 4.50. The highest BCUT2D eigenvalue weighted by atomic mass is 16.3. The summed E-state index contributed by atoms with van der Waals surface area (Å²) < 4.78 is 0. The van der Waals surface area contributed by atoms with Crippen molar-refractivity contribution in [2.24, 2.45) is 0 Å². The fourth-order valence-electron chi connectivity index (χ4n) is 4.60. The Labute approximate surface area is 198 Å². The predicted octanol–water partition coefficient (Wildman–Crippen LogP) is 3.29. The molecule has 0 radical (unpaired) electrons. The maximum absolute atomic E-state index is 12.3. The quantitative estimate of drug-likeness (QED) is 0.583. The van der Waals surface area contributed by atoms with E-state index in [0.717, 1.165) is 41.9 Å². The van der Waals surface area contributed by atoms with E-state index in [1.807, 2.05) is 18.2 Å². The Hall–Kier alpha value is -3.36. The van der Waals surface area contributed by atoms with Crippen molar-refractivity contribution in [1.82, 2.24) is 15.0 Å². The Bertz CT molecular complexity index is 1230. The van der Waals surface area contributed by atoms with Crippen molar-refractivity contribution in [2.75, 3.05) is 30.0 Å². The first-order valence-corrected chi connectivity index (χ1v) is 11.5. The molecule has 0 bridgehead atoms. The van der Waals surface area contributed by atoms with Gasteiger partial charge in [-0.1, -0.05) is 6.07 Å². The van der Waals surface area contributed by atoms with Crippen LogP contribution in [0.15, 0.2) is 48.9 Å². The lowest BCUT2D eigenvalue weighted by Gasteiger charge is -2.21. The predicted molar refractivity (Wildman–Crippen MR) is 130 cm³/mol. The van der Waals surface area contributed by atoms with E-state index in [0.29, 0.717) is 11.6 Å². The van der Waals surface area contributed by atoms with Crippen LogP contribution in [0.3, 0.4) is 0 Å². The van der Waals surface area contributed by atoms with E-state index in [2.05, 4.69) is 25.9 Å². The average Bonchev–Trinajstić information content (AvgIpc) is 3.54. The number of hydrogen-bond donors (Lipinski definition) is 2. The molecule has 5 rings (SSSR count). The molecule has 2 aromatic heterocycles. The van der Waals surface area contributed by atoms with Gasteiger partial charge in [0.05, 0.1) is 24.3 Å². The van der Waals surface area contributed by atoms with E-state index in [-0.39, 0.29) is 24.3 Å². The lowest BCUT2D eigenvalue weighted by molar-refractivity contribution is -0.118. The Morgan fingerprint density at radius 3 is 2.53 bits per heavy atom. The first kappa shape index (κ1) is 22.4. The monoisotopic (exact) mass is 459 g/mol. The fourth-order valence-corrected chi connectivity index (χ4v) is 4.60. The second-order valence-electron chi connectivity index (χ2n) is 9.75. The first-order valence-electron chi connectivity index (χ1n) is 11.5. The number of aromatic nitrogens is 3. The summed E-state index contributed by atoms with van der Waals surface area (Å²) in [6.07, 6.45) is 7.55. The van der Waals surface area contributed by atoms with Crippen LogP contribution in [0.2, 0.25) is 0 Å². The van der Waals surface area contributed by atoms with Crippen molar-refractivity contribution in [1.29, 1.82) is 0 Å². The Kier molecular flexibility index (Phi) is 5.37. The van der Waals surface area contributed by atoms with Gasteiger partial charge in [0.15, 0.2) is 0 Å². The van der Waals surface area contributed by atoms with Gasteiger partial charge in [0.2, 0.25) is 11.9 Å². The topological polar surface area (TPSA) is 103 Å². The highest BCUT2D eigenvalue weighted by molar-refractivity contribution is 5.94. The highest BCUT2D eigenvalue weighted by Gasteiger charge is 2.52. The molecule has 1 amide bonds. The van der Waals surface area contributed by atoms with Crippen LogP contribution in [-0.4, -0.2) is 51.3 Å². The van der Waals surface area contributed by atoms with Crippen molar-refractivity contribution in [3.8, 4) is 11.3 Å². The number of amides is 1. The molecule has 1 aliphatic heterocycles.